The number of nitrogens with one attached hydrogen (secondary N) is 1. The van der Waals surface area contributed by atoms with E-state index in [1.165, 1.54) is 0 Å². The highest BCUT2D eigenvalue weighted by Gasteiger charge is 2.30. The molecular formula is C13H21NO3. The van der Waals surface area contributed by atoms with E-state index in [0.29, 0.717) is 24.5 Å². The van der Waals surface area contributed by atoms with Crippen LogP contribution in [-0.4, -0.2) is 32.9 Å². The molecule has 2 N–H and O–H groups in total. The molecule has 0 fully saturated rings. The van der Waals surface area contributed by atoms with Crippen LogP contribution in [0.5, 0.6) is 11.5 Å². The maximum Gasteiger partial charge on any atom is 0.125 e. The first-order chi connectivity index (χ1) is 8.11. The zero-order valence-corrected chi connectivity index (χ0v) is 10.9. The van der Waals surface area contributed by atoms with Gasteiger partial charge in [-0.15, -0.1) is 0 Å². The smallest absolute Gasteiger partial charge is 0.125 e. The monoisotopic (exact) mass is 239 g/mol. The van der Waals surface area contributed by atoms with Crippen LogP contribution in [0.3, 0.4) is 0 Å². The third-order valence-electron chi connectivity index (χ3n) is 2.96. The maximum atomic E-state index is 10.6. The molecule has 0 spiro atoms. The molecule has 0 bridgehead atoms. The van der Waals surface area contributed by atoms with E-state index in [4.69, 9.17) is 9.47 Å². The standard InChI is InChI=1S/C13H21NO3/c1-5-13(15,9-14-2)11-8-10(16-3)6-7-12(11)17-4/h6-8,14-15H,5,9H2,1-4H3. The van der Waals surface area contributed by atoms with Gasteiger partial charge in [0.05, 0.1) is 14.2 Å². The van der Waals surface area contributed by atoms with Gasteiger partial charge in [-0.1, -0.05) is 6.92 Å². The van der Waals surface area contributed by atoms with E-state index in [1.807, 2.05) is 32.2 Å². The second-order valence-corrected chi connectivity index (χ2v) is 3.98. The summed E-state index contributed by atoms with van der Waals surface area (Å²) < 4.78 is 10.5. The van der Waals surface area contributed by atoms with E-state index in [9.17, 15) is 5.11 Å². The summed E-state index contributed by atoms with van der Waals surface area (Å²) in [5.74, 6) is 1.38. The van der Waals surface area contributed by atoms with Crippen LogP contribution in [0.1, 0.15) is 18.9 Å². The minimum Gasteiger partial charge on any atom is -0.497 e. The van der Waals surface area contributed by atoms with E-state index in [0.717, 1.165) is 5.56 Å². The van der Waals surface area contributed by atoms with Crippen molar-refractivity contribution in [3.05, 3.63) is 23.8 Å². The fraction of sp³-hybridized carbons (Fsp3) is 0.538. The van der Waals surface area contributed by atoms with Crippen molar-refractivity contribution in [2.45, 2.75) is 18.9 Å². The number of hydrogen-bond donors (Lipinski definition) is 2. The molecule has 4 nitrogen and oxygen atoms in total. The van der Waals surface area contributed by atoms with Crippen LogP contribution in [0.4, 0.5) is 0 Å². The molecule has 1 rings (SSSR count). The Bertz CT molecular complexity index is 368. The molecule has 17 heavy (non-hydrogen) atoms. The minimum atomic E-state index is -0.950. The number of likely N-dealkylation sites (N-methyl/N-ethyl adjacent to an activating group) is 1. The first-order valence-corrected chi connectivity index (χ1v) is 5.70. The Balaban J connectivity index is 3.24. The Hall–Kier alpha value is -1.26. The maximum absolute atomic E-state index is 10.6. The van der Waals surface area contributed by atoms with Gasteiger partial charge in [-0.05, 0) is 31.7 Å². The van der Waals surface area contributed by atoms with Crippen LogP contribution >= 0.6 is 0 Å². The summed E-state index contributed by atoms with van der Waals surface area (Å²) in [6, 6.07) is 5.45. The second kappa shape index (κ2) is 5.89. The van der Waals surface area contributed by atoms with E-state index in [2.05, 4.69) is 5.32 Å². The van der Waals surface area contributed by atoms with Crippen molar-refractivity contribution in [3.63, 3.8) is 0 Å². The molecule has 4 heteroatoms. The average molecular weight is 239 g/mol. The lowest BCUT2D eigenvalue weighted by molar-refractivity contribution is 0.0320. The molecule has 1 atom stereocenters. The number of aliphatic hydroxyl groups is 1. The average Bonchev–Trinajstić information content (AvgIpc) is 2.38. The van der Waals surface area contributed by atoms with Gasteiger partial charge in [0.15, 0.2) is 0 Å². The fourth-order valence-electron chi connectivity index (χ4n) is 1.88. The summed E-state index contributed by atoms with van der Waals surface area (Å²) in [7, 11) is 5.02. The normalized spacial score (nSPS) is 14.2. The molecule has 0 heterocycles. The summed E-state index contributed by atoms with van der Waals surface area (Å²) in [6.45, 7) is 2.41. The van der Waals surface area contributed by atoms with E-state index < -0.39 is 5.60 Å². The van der Waals surface area contributed by atoms with Gasteiger partial charge in [0, 0.05) is 12.1 Å². The van der Waals surface area contributed by atoms with Gasteiger partial charge >= 0.3 is 0 Å². The van der Waals surface area contributed by atoms with Gasteiger partial charge in [-0.25, -0.2) is 0 Å². The van der Waals surface area contributed by atoms with Crippen LogP contribution in [0.25, 0.3) is 0 Å². The van der Waals surface area contributed by atoms with Crippen LogP contribution in [0, 0.1) is 0 Å². The molecule has 0 saturated carbocycles. The second-order valence-electron chi connectivity index (χ2n) is 3.98. The minimum absolute atomic E-state index is 0.465. The van der Waals surface area contributed by atoms with Gasteiger partial charge in [-0.3, -0.25) is 0 Å². The Morgan fingerprint density at radius 1 is 1.29 bits per heavy atom. The Labute approximate surface area is 103 Å². The predicted molar refractivity (Wildman–Crippen MR) is 67.7 cm³/mol. The van der Waals surface area contributed by atoms with E-state index in [-0.39, 0.29) is 0 Å². The third kappa shape index (κ3) is 2.90. The Morgan fingerprint density at radius 3 is 2.47 bits per heavy atom. The van der Waals surface area contributed by atoms with Crippen molar-refractivity contribution in [3.8, 4) is 11.5 Å². The first kappa shape index (κ1) is 13.8. The van der Waals surface area contributed by atoms with Crippen LogP contribution in [0.2, 0.25) is 0 Å². The zero-order chi connectivity index (χ0) is 12.9. The molecule has 0 radical (unpaired) electrons. The summed E-state index contributed by atoms with van der Waals surface area (Å²) in [5, 5.41) is 13.6. The molecule has 0 aliphatic heterocycles. The van der Waals surface area contributed by atoms with Crippen LogP contribution in [-0.2, 0) is 5.60 Å². The van der Waals surface area contributed by atoms with Crippen LogP contribution < -0.4 is 14.8 Å². The van der Waals surface area contributed by atoms with Crippen molar-refractivity contribution in [2.75, 3.05) is 27.8 Å². The highest BCUT2D eigenvalue weighted by Crippen LogP contribution is 2.34. The van der Waals surface area contributed by atoms with Crippen LogP contribution in [0.15, 0.2) is 18.2 Å². The van der Waals surface area contributed by atoms with Gasteiger partial charge < -0.3 is 19.9 Å². The predicted octanol–water partition coefficient (Wildman–Crippen LogP) is 1.52. The highest BCUT2D eigenvalue weighted by molar-refractivity contribution is 5.44. The summed E-state index contributed by atoms with van der Waals surface area (Å²) in [5.41, 5.74) is -0.203. The lowest BCUT2D eigenvalue weighted by Crippen LogP contribution is -2.36. The van der Waals surface area contributed by atoms with E-state index >= 15 is 0 Å². The van der Waals surface area contributed by atoms with Gasteiger partial charge in [0.25, 0.3) is 0 Å². The quantitative estimate of drug-likeness (QED) is 0.790. The summed E-state index contributed by atoms with van der Waals surface area (Å²) >= 11 is 0. The molecule has 0 saturated heterocycles. The summed E-state index contributed by atoms with van der Waals surface area (Å²) in [4.78, 5) is 0. The molecular weight excluding hydrogens is 218 g/mol. The number of benzene rings is 1. The van der Waals surface area contributed by atoms with Crippen molar-refractivity contribution in [1.29, 1.82) is 0 Å². The SMILES string of the molecule is CCC(O)(CNC)c1cc(OC)ccc1OC. The molecule has 0 aromatic heterocycles. The number of hydrogen-bond acceptors (Lipinski definition) is 4. The third-order valence-corrected chi connectivity index (χ3v) is 2.96. The number of ether oxygens (including phenoxy) is 2. The molecule has 1 aromatic rings. The van der Waals surface area contributed by atoms with Crippen molar-refractivity contribution >= 4 is 0 Å². The molecule has 0 amide bonds. The van der Waals surface area contributed by atoms with Crippen molar-refractivity contribution in [2.24, 2.45) is 0 Å². The molecule has 0 aliphatic rings. The lowest BCUT2D eigenvalue weighted by Gasteiger charge is -2.29. The molecule has 1 unspecified atom stereocenters. The number of rotatable bonds is 6. The van der Waals surface area contributed by atoms with Crippen molar-refractivity contribution < 1.29 is 14.6 Å². The van der Waals surface area contributed by atoms with Gasteiger partial charge in [0.1, 0.15) is 17.1 Å². The van der Waals surface area contributed by atoms with E-state index in [1.54, 1.807) is 14.2 Å². The topological polar surface area (TPSA) is 50.7 Å². The van der Waals surface area contributed by atoms with Gasteiger partial charge in [0.2, 0.25) is 0 Å². The Kier molecular flexibility index (Phi) is 4.78. The molecule has 1 aromatic carbocycles. The fourth-order valence-corrected chi connectivity index (χ4v) is 1.88. The first-order valence-electron chi connectivity index (χ1n) is 5.70. The van der Waals surface area contributed by atoms with Gasteiger partial charge in [-0.2, -0.15) is 0 Å². The lowest BCUT2D eigenvalue weighted by atomic mass is 9.90. The molecule has 0 aliphatic carbocycles. The van der Waals surface area contributed by atoms with Crippen molar-refractivity contribution in [1.82, 2.24) is 5.32 Å². The zero-order valence-electron chi connectivity index (χ0n) is 10.9. The number of methoxy groups -OCH3 is 2. The molecule has 96 valence electrons. The largest absolute Gasteiger partial charge is 0.497 e. The highest BCUT2D eigenvalue weighted by atomic mass is 16.5. The Morgan fingerprint density at radius 2 is 2.00 bits per heavy atom. The summed E-state index contributed by atoms with van der Waals surface area (Å²) in [6.07, 6.45) is 0.595.